The summed E-state index contributed by atoms with van der Waals surface area (Å²) in [6, 6.07) is 3.75. The molecule has 2 N–H and O–H groups in total. The summed E-state index contributed by atoms with van der Waals surface area (Å²) < 4.78 is 36.3. The monoisotopic (exact) mass is 201 g/mol. The Morgan fingerprint density at radius 1 is 1.43 bits per heavy atom. The maximum Gasteiger partial charge on any atom is 0.433 e. The second-order valence-electron chi connectivity index (χ2n) is 2.57. The van der Waals surface area contributed by atoms with Gasteiger partial charge in [0.25, 0.3) is 0 Å². The smallest absolute Gasteiger partial charge is 0.383 e. The molecular formula is C8H6F3N3. The number of nitriles is 1. The van der Waals surface area contributed by atoms with Gasteiger partial charge in [-0.1, -0.05) is 6.07 Å². The number of rotatable bonds is 1. The SMILES string of the molecule is N#CCc1ccc(C(F)(F)F)nc1N. The van der Waals surface area contributed by atoms with Crippen LogP contribution in [0.1, 0.15) is 11.3 Å². The lowest BCUT2D eigenvalue weighted by atomic mass is 10.2. The Hall–Kier alpha value is -1.77. The molecule has 0 amide bonds. The Morgan fingerprint density at radius 3 is 2.50 bits per heavy atom. The number of alkyl halides is 3. The molecule has 0 spiro atoms. The third-order valence-electron chi connectivity index (χ3n) is 1.57. The Bertz CT molecular complexity index is 378. The second-order valence-corrected chi connectivity index (χ2v) is 2.57. The summed E-state index contributed by atoms with van der Waals surface area (Å²) in [5, 5.41) is 8.32. The standard InChI is InChI=1S/C8H6F3N3/c9-8(10,11)6-2-1-5(3-4-12)7(13)14-6/h1-2H,3H2,(H2,13,14). The van der Waals surface area contributed by atoms with Gasteiger partial charge in [-0.15, -0.1) is 0 Å². The van der Waals surface area contributed by atoms with Crippen molar-refractivity contribution in [1.82, 2.24) is 4.98 Å². The first kappa shape index (κ1) is 10.3. The molecule has 1 aromatic rings. The average Bonchev–Trinajstić information content (AvgIpc) is 2.07. The molecule has 0 aliphatic heterocycles. The van der Waals surface area contributed by atoms with Crippen molar-refractivity contribution in [3.63, 3.8) is 0 Å². The van der Waals surface area contributed by atoms with E-state index >= 15 is 0 Å². The van der Waals surface area contributed by atoms with Crippen LogP contribution in [-0.2, 0) is 12.6 Å². The van der Waals surface area contributed by atoms with Crippen LogP contribution in [0.2, 0.25) is 0 Å². The van der Waals surface area contributed by atoms with Crippen LogP contribution in [0, 0.1) is 11.3 Å². The van der Waals surface area contributed by atoms with Crippen molar-refractivity contribution in [1.29, 1.82) is 5.26 Å². The van der Waals surface area contributed by atoms with E-state index in [9.17, 15) is 13.2 Å². The maximum atomic E-state index is 12.1. The van der Waals surface area contributed by atoms with Crippen molar-refractivity contribution < 1.29 is 13.2 Å². The molecule has 0 aliphatic carbocycles. The van der Waals surface area contributed by atoms with Gasteiger partial charge < -0.3 is 5.73 Å². The fraction of sp³-hybridized carbons (Fsp3) is 0.250. The van der Waals surface area contributed by atoms with E-state index in [4.69, 9.17) is 11.0 Å². The number of nitrogens with two attached hydrogens (primary N) is 1. The first-order chi connectivity index (χ1) is 6.45. The van der Waals surface area contributed by atoms with E-state index in [-0.39, 0.29) is 12.2 Å². The van der Waals surface area contributed by atoms with Crippen LogP contribution >= 0.6 is 0 Å². The van der Waals surface area contributed by atoms with E-state index in [2.05, 4.69) is 4.98 Å². The van der Waals surface area contributed by atoms with Gasteiger partial charge in [-0.2, -0.15) is 18.4 Å². The number of hydrogen-bond donors (Lipinski definition) is 1. The van der Waals surface area contributed by atoms with Gasteiger partial charge in [-0.3, -0.25) is 0 Å². The maximum absolute atomic E-state index is 12.1. The van der Waals surface area contributed by atoms with Crippen LogP contribution in [0.25, 0.3) is 0 Å². The van der Waals surface area contributed by atoms with E-state index in [0.29, 0.717) is 5.56 Å². The molecule has 74 valence electrons. The van der Waals surface area contributed by atoms with Gasteiger partial charge in [0.2, 0.25) is 0 Å². The van der Waals surface area contributed by atoms with Crippen LogP contribution in [-0.4, -0.2) is 4.98 Å². The molecule has 14 heavy (non-hydrogen) atoms. The molecule has 1 heterocycles. The molecule has 1 rings (SSSR count). The van der Waals surface area contributed by atoms with Crippen LogP contribution in [0.15, 0.2) is 12.1 Å². The van der Waals surface area contributed by atoms with E-state index in [1.807, 2.05) is 0 Å². The summed E-state index contributed by atoms with van der Waals surface area (Å²) >= 11 is 0. The third kappa shape index (κ3) is 2.13. The van der Waals surface area contributed by atoms with Crippen LogP contribution in [0.4, 0.5) is 19.0 Å². The predicted octanol–water partition coefficient (Wildman–Crippen LogP) is 1.75. The van der Waals surface area contributed by atoms with Gasteiger partial charge in [0.1, 0.15) is 11.5 Å². The van der Waals surface area contributed by atoms with E-state index in [0.717, 1.165) is 12.1 Å². The molecule has 1 aromatic heterocycles. The van der Waals surface area contributed by atoms with Gasteiger partial charge in [-0.05, 0) is 6.07 Å². The Morgan fingerprint density at radius 2 is 2.07 bits per heavy atom. The van der Waals surface area contributed by atoms with Crippen LogP contribution in [0.5, 0.6) is 0 Å². The molecule has 6 heteroatoms. The summed E-state index contributed by atoms with van der Waals surface area (Å²) in [6.45, 7) is 0. The first-order valence-electron chi connectivity index (χ1n) is 3.64. The van der Waals surface area contributed by atoms with E-state index < -0.39 is 11.9 Å². The molecule has 0 saturated heterocycles. The zero-order valence-electron chi connectivity index (χ0n) is 6.97. The zero-order chi connectivity index (χ0) is 10.8. The molecular weight excluding hydrogens is 195 g/mol. The number of aromatic nitrogens is 1. The third-order valence-corrected chi connectivity index (χ3v) is 1.57. The summed E-state index contributed by atoms with van der Waals surface area (Å²) in [5.41, 5.74) is 4.50. The number of anilines is 1. The van der Waals surface area contributed by atoms with Gasteiger partial charge in [0, 0.05) is 5.56 Å². The quantitative estimate of drug-likeness (QED) is 0.752. The van der Waals surface area contributed by atoms with Crippen molar-refractivity contribution in [2.75, 3.05) is 5.73 Å². The highest BCUT2D eigenvalue weighted by Gasteiger charge is 2.32. The lowest BCUT2D eigenvalue weighted by Crippen LogP contribution is -2.10. The normalized spacial score (nSPS) is 11.0. The van der Waals surface area contributed by atoms with Crippen LogP contribution in [0.3, 0.4) is 0 Å². The molecule has 0 aliphatic rings. The number of nitrogens with zero attached hydrogens (tertiary/aromatic N) is 2. The van der Waals surface area contributed by atoms with Crippen molar-refractivity contribution in [2.24, 2.45) is 0 Å². The Kier molecular flexibility index (Phi) is 2.60. The summed E-state index contributed by atoms with van der Waals surface area (Å²) in [7, 11) is 0. The molecule has 0 unspecified atom stereocenters. The minimum absolute atomic E-state index is 0.0447. The lowest BCUT2D eigenvalue weighted by Gasteiger charge is -2.07. The number of pyridine rings is 1. The largest absolute Gasteiger partial charge is 0.433 e. The fourth-order valence-electron chi connectivity index (χ4n) is 0.896. The summed E-state index contributed by atoms with van der Waals surface area (Å²) in [6.07, 6.45) is -4.55. The van der Waals surface area contributed by atoms with Crippen molar-refractivity contribution in [3.8, 4) is 6.07 Å². The highest BCUT2D eigenvalue weighted by atomic mass is 19.4. The summed E-state index contributed by atoms with van der Waals surface area (Å²) in [4.78, 5) is 3.16. The second kappa shape index (κ2) is 3.54. The minimum atomic E-state index is -4.50. The Balaban J connectivity index is 3.08. The van der Waals surface area contributed by atoms with E-state index in [1.165, 1.54) is 0 Å². The molecule has 0 atom stereocenters. The molecule has 0 saturated carbocycles. The highest BCUT2D eigenvalue weighted by molar-refractivity contribution is 5.42. The van der Waals surface area contributed by atoms with Gasteiger partial charge in [-0.25, -0.2) is 4.98 Å². The first-order valence-corrected chi connectivity index (χ1v) is 3.64. The predicted molar refractivity (Wildman–Crippen MR) is 43.0 cm³/mol. The number of hydrogen-bond acceptors (Lipinski definition) is 3. The highest BCUT2D eigenvalue weighted by Crippen LogP contribution is 2.28. The number of nitrogen functional groups attached to an aromatic ring is 1. The summed E-state index contributed by atoms with van der Waals surface area (Å²) in [5.74, 6) is -0.249. The zero-order valence-corrected chi connectivity index (χ0v) is 6.97. The van der Waals surface area contributed by atoms with Crippen molar-refractivity contribution in [2.45, 2.75) is 12.6 Å². The fourth-order valence-corrected chi connectivity index (χ4v) is 0.896. The van der Waals surface area contributed by atoms with Gasteiger partial charge >= 0.3 is 6.18 Å². The molecule has 3 nitrogen and oxygen atoms in total. The van der Waals surface area contributed by atoms with Gasteiger partial charge in [0.15, 0.2) is 0 Å². The molecule has 0 aromatic carbocycles. The van der Waals surface area contributed by atoms with E-state index in [1.54, 1.807) is 6.07 Å². The van der Waals surface area contributed by atoms with Crippen molar-refractivity contribution >= 4 is 5.82 Å². The average molecular weight is 201 g/mol. The molecule has 0 radical (unpaired) electrons. The molecule has 0 fully saturated rings. The Labute approximate surface area is 78.0 Å². The lowest BCUT2D eigenvalue weighted by molar-refractivity contribution is -0.141. The minimum Gasteiger partial charge on any atom is -0.383 e. The van der Waals surface area contributed by atoms with Crippen molar-refractivity contribution in [3.05, 3.63) is 23.4 Å². The van der Waals surface area contributed by atoms with Gasteiger partial charge in [0.05, 0.1) is 12.5 Å². The number of halogens is 3. The molecule has 0 bridgehead atoms. The topological polar surface area (TPSA) is 62.7 Å². The van der Waals surface area contributed by atoms with Crippen LogP contribution < -0.4 is 5.73 Å².